The van der Waals surface area contributed by atoms with E-state index >= 15 is 0 Å². The molecular weight excluding hydrogens is 456 g/mol. The van der Waals surface area contributed by atoms with Gasteiger partial charge < -0.3 is 23.5 Å². The van der Waals surface area contributed by atoms with Gasteiger partial charge in [0.1, 0.15) is 18.0 Å². The third-order valence-corrected chi connectivity index (χ3v) is 6.87. The molecule has 0 N–H and O–H groups in total. The summed E-state index contributed by atoms with van der Waals surface area (Å²) in [5.74, 6) is 1.01. The van der Waals surface area contributed by atoms with E-state index in [9.17, 15) is 9.59 Å². The van der Waals surface area contributed by atoms with Crippen LogP contribution in [0, 0.1) is 0 Å². The summed E-state index contributed by atoms with van der Waals surface area (Å²) in [7, 11) is 1.32. The second-order valence-corrected chi connectivity index (χ2v) is 8.79. The van der Waals surface area contributed by atoms with Crippen molar-refractivity contribution in [1.82, 2.24) is 4.57 Å². The molecule has 2 aliphatic heterocycles. The van der Waals surface area contributed by atoms with Gasteiger partial charge in [-0.2, -0.15) is 4.99 Å². The highest BCUT2D eigenvalue weighted by molar-refractivity contribution is 7.16. The van der Waals surface area contributed by atoms with Gasteiger partial charge in [0.15, 0.2) is 16.3 Å². The molecular formula is C25H18N2O6S. The normalized spacial score (nSPS) is 14.4. The zero-order chi connectivity index (χ0) is 23.2. The lowest BCUT2D eigenvalue weighted by molar-refractivity contribution is -0.141. The molecule has 0 fully saturated rings. The minimum absolute atomic E-state index is 0.0940. The minimum atomic E-state index is -0.630. The summed E-state index contributed by atoms with van der Waals surface area (Å²) in [4.78, 5) is 30.8. The molecule has 1 amide bonds. The number of hydrogen-bond acceptors (Lipinski definition) is 7. The van der Waals surface area contributed by atoms with Crippen LogP contribution < -0.4 is 19.0 Å². The average molecular weight is 474 g/mol. The van der Waals surface area contributed by atoms with Gasteiger partial charge in [0.05, 0.1) is 23.2 Å². The summed E-state index contributed by atoms with van der Waals surface area (Å²) >= 11 is 1.30. The Morgan fingerprint density at radius 1 is 1.00 bits per heavy atom. The minimum Gasteiger partial charge on any atom is -0.468 e. The van der Waals surface area contributed by atoms with Gasteiger partial charge >= 0.3 is 5.97 Å². The van der Waals surface area contributed by atoms with Gasteiger partial charge in [-0.1, -0.05) is 47.7 Å². The molecule has 0 bridgehead atoms. The molecule has 1 aromatic heterocycles. The Kier molecular flexibility index (Phi) is 4.84. The van der Waals surface area contributed by atoms with Crippen molar-refractivity contribution in [1.29, 1.82) is 0 Å². The number of para-hydroxylation sites is 2. The molecule has 34 heavy (non-hydrogen) atoms. The number of rotatable bonds is 3. The quantitative estimate of drug-likeness (QED) is 0.418. The fourth-order valence-electron chi connectivity index (χ4n) is 4.23. The molecule has 0 unspecified atom stereocenters. The first-order valence-electron chi connectivity index (χ1n) is 10.6. The van der Waals surface area contributed by atoms with Gasteiger partial charge in [-0.25, -0.2) is 0 Å². The van der Waals surface area contributed by atoms with E-state index in [4.69, 9.17) is 18.9 Å². The second-order valence-electron chi connectivity index (χ2n) is 7.78. The van der Waals surface area contributed by atoms with Gasteiger partial charge in [-0.05, 0) is 12.1 Å². The summed E-state index contributed by atoms with van der Waals surface area (Å²) in [5, 5.41) is 0. The van der Waals surface area contributed by atoms with E-state index in [0.29, 0.717) is 33.3 Å². The predicted octanol–water partition coefficient (Wildman–Crippen LogP) is 3.97. The molecule has 4 aromatic rings. The van der Waals surface area contributed by atoms with E-state index in [-0.39, 0.29) is 19.2 Å². The Bertz CT molecular complexity index is 1490. The molecule has 0 spiro atoms. The molecule has 0 saturated heterocycles. The summed E-state index contributed by atoms with van der Waals surface area (Å²) < 4.78 is 24.4. The summed E-state index contributed by atoms with van der Waals surface area (Å²) in [6.45, 7) is 0.0467. The van der Waals surface area contributed by atoms with Gasteiger partial charge in [0, 0.05) is 23.3 Å². The molecule has 9 heteroatoms. The van der Waals surface area contributed by atoms with Crippen molar-refractivity contribution in [3.8, 4) is 23.0 Å². The van der Waals surface area contributed by atoms with Crippen LogP contribution in [-0.4, -0.2) is 30.3 Å². The maximum atomic E-state index is 13.7. The molecule has 0 saturated carbocycles. The molecule has 3 aromatic carbocycles. The second kappa shape index (κ2) is 8.03. The van der Waals surface area contributed by atoms with Crippen molar-refractivity contribution >= 4 is 33.4 Å². The first-order valence-corrected chi connectivity index (χ1v) is 11.4. The van der Waals surface area contributed by atoms with Gasteiger partial charge in [0.2, 0.25) is 6.79 Å². The maximum absolute atomic E-state index is 13.7. The van der Waals surface area contributed by atoms with Crippen LogP contribution >= 0.6 is 11.3 Å². The van der Waals surface area contributed by atoms with Crippen LogP contribution in [0.4, 0.5) is 0 Å². The predicted molar refractivity (Wildman–Crippen MR) is 123 cm³/mol. The standard InChI is InChI=1S/C25H18N2O6S/c1-30-22(28)12-27-16-10-19-20(32-13-31-19)11-21(16)34-25(27)26-24(29)23-14-6-2-4-8-17(14)33-18-9-5-3-7-15(18)23/h2-11,23H,12-13H2,1H3. The van der Waals surface area contributed by atoms with Crippen molar-refractivity contribution in [2.75, 3.05) is 13.9 Å². The number of carbonyl (C=O) groups excluding carboxylic acids is 2. The SMILES string of the molecule is COC(=O)Cn1c(=NC(=O)C2c3ccccc3Oc3ccccc32)sc2cc3c(cc21)OCO3. The molecule has 170 valence electrons. The number of benzene rings is 3. The number of aromatic nitrogens is 1. The van der Waals surface area contributed by atoms with E-state index in [1.165, 1.54) is 18.4 Å². The Labute approximate surface area is 197 Å². The maximum Gasteiger partial charge on any atom is 0.325 e. The summed E-state index contributed by atoms with van der Waals surface area (Å²) in [5.41, 5.74) is 2.20. The van der Waals surface area contributed by atoms with Crippen LogP contribution in [0.15, 0.2) is 65.7 Å². The average Bonchev–Trinajstić information content (AvgIpc) is 3.44. The molecule has 0 radical (unpaired) electrons. The highest BCUT2D eigenvalue weighted by Crippen LogP contribution is 2.44. The number of nitrogens with zero attached hydrogens (tertiary/aromatic N) is 2. The van der Waals surface area contributed by atoms with Crippen LogP contribution in [0.5, 0.6) is 23.0 Å². The monoisotopic (exact) mass is 474 g/mol. The number of fused-ring (bicyclic) bond motifs is 4. The summed E-state index contributed by atoms with van der Waals surface area (Å²) in [6.07, 6.45) is 0. The van der Waals surface area contributed by atoms with E-state index < -0.39 is 11.9 Å². The van der Waals surface area contributed by atoms with Crippen LogP contribution in [0.2, 0.25) is 0 Å². The summed E-state index contributed by atoms with van der Waals surface area (Å²) in [6, 6.07) is 18.5. The lowest BCUT2D eigenvalue weighted by Crippen LogP contribution is -2.25. The Hall–Kier alpha value is -4.11. The smallest absolute Gasteiger partial charge is 0.325 e. The first-order chi connectivity index (χ1) is 16.6. The lowest BCUT2D eigenvalue weighted by atomic mass is 9.87. The molecule has 6 rings (SSSR count). The number of thiazole rings is 1. The third kappa shape index (κ3) is 3.32. The molecule has 3 heterocycles. The number of hydrogen-bond donors (Lipinski definition) is 0. The van der Waals surface area contributed by atoms with Crippen LogP contribution in [0.25, 0.3) is 10.2 Å². The van der Waals surface area contributed by atoms with Crippen molar-refractivity contribution in [2.45, 2.75) is 12.5 Å². The number of methoxy groups -OCH3 is 1. The highest BCUT2D eigenvalue weighted by Gasteiger charge is 2.32. The number of carbonyl (C=O) groups is 2. The van der Waals surface area contributed by atoms with E-state index in [0.717, 1.165) is 15.8 Å². The molecule has 2 aliphatic rings. The van der Waals surface area contributed by atoms with Gasteiger partial charge in [0.25, 0.3) is 5.91 Å². The van der Waals surface area contributed by atoms with Crippen LogP contribution in [-0.2, 0) is 20.9 Å². The Morgan fingerprint density at radius 3 is 2.32 bits per heavy atom. The van der Waals surface area contributed by atoms with Gasteiger partial charge in [-0.3, -0.25) is 9.59 Å². The van der Waals surface area contributed by atoms with Crippen molar-refractivity contribution < 1.29 is 28.5 Å². The zero-order valence-corrected chi connectivity index (χ0v) is 18.8. The fourth-order valence-corrected chi connectivity index (χ4v) is 5.27. The Balaban J connectivity index is 1.52. The largest absolute Gasteiger partial charge is 0.468 e. The number of ether oxygens (including phenoxy) is 4. The fraction of sp³-hybridized carbons (Fsp3) is 0.160. The van der Waals surface area contributed by atoms with E-state index in [1.807, 2.05) is 54.6 Å². The highest BCUT2D eigenvalue weighted by atomic mass is 32.1. The third-order valence-electron chi connectivity index (χ3n) is 5.82. The zero-order valence-electron chi connectivity index (χ0n) is 18.0. The van der Waals surface area contributed by atoms with Crippen LogP contribution in [0.1, 0.15) is 17.0 Å². The molecule has 8 nitrogen and oxygen atoms in total. The Morgan fingerprint density at radius 2 is 1.65 bits per heavy atom. The lowest BCUT2D eigenvalue weighted by Gasteiger charge is -2.25. The topological polar surface area (TPSA) is 88.4 Å². The van der Waals surface area contributed by atoms with Crippen molar-refractivity contribution in [3.05, 3.63) is 76.6 Å². The number of amides is 1. The van der Waals surface area contributed by atoms with Gasteiger partial charge in [-0.15, -0.1) is 0 Å². The first kappa shape index (κ1) is 20.5. The molecule has 0 aliphatic carbocycles. The van der Waals surface area contributed by atoms with Crippen molar-refractivity contribution in [3.63, 3.8) is 0 Å². The van der Waals surface area contributed by atoms with E-state index in [2.05, 4.69) is 4.99 Å². The molecule has 0 atom stereocenters. The van der Waals surface area contributed by atoms with E-state index in [1.54, 1.807) is 10.6 Å². The van der Waals surface area contributed by atoms with Crippen LogP contribution in [0.3, 0.4) is 0 Å². The number of esters is 1. The van der Waals surface area contributed by atoms with Crippen molar-refractivity contribution in [2.24, 2.45) is 4.99 Å².